The minimum absolute atomic E-state index is 0.217. The molecular weight excluding hydrogens is 263 g/mol. The van der Waals surface area contributed by atoms with Crippen LogP contribution in [0, 0.1) is 5.82 Å². The van der Waals surface area contributed by atoms with Crippen LogP contribution in [0.5, 0.6) is 0 Å². The summed E-state index contributed by atoms with van der Waals surface area (Å²) in [7, 11) is -1.24. The Morgan fingerprint density at radius 3 is 2.26 bits per heavy atom. The van der Waals surface area contributed by atoms with Crippen molar-refractivity contribution in [3.63, 3.8) is 0 Å². The van der Waals surface area contributed by atoms with Gasteiger partial charge in [0.25, 0.3) is 0 Å². The van der Waals surface area contributed by atoms with Crippen LogP contribution in [0.25, 0.3) is 0 Å². The molecule has 4 heteroatoms. The number of aliphatic hydroxyl groups excluding tert-OH is 1. The van der Waals surface area contributed by atoms with Crippen LogP contribution < -0.4 is 0 Å². The van der Waals surface area contributed by atoms with E-state index in [9.17, 15) is 13.7 Å². The van der Waals surface area contributed by atoms with Crippen molar-refractivity contribution >= 4 is 10.8 Å². The zero-order chi connectivity index (χ0) is 13.7. The molecule has 0 fully saturated rings. The summed E-state index contributed by atoms with van der Waals surface area (Å²) < 4.78 is 25.2. The second-order valence-electron chi connectivity index (χ2n) is 4.23. The molecule has 19 heavy (non-hydrogen) atoms. The summed E-state index contributed by atoms with van der Waals surface area (Å²) in [6.45, 7) is -0.217. The van der Waals surface area contributed by atoms with Gasteiger partial charge < -0.3 is 5.11 Å². The Hall–Kier alpha value is -1.52. The fourth-order valence-electron chi connectivity index (χ4n) is 1.86. The van der Waals surface area contributed by atoms with Gasteiger partial charge in [0.15, 0.2) is 0 Å². The summed E-state index contributed by atoms with van der Waals surface area (Å²) in [5.74, 6) is 0.0398. The molecule has 0 saturated heterocycles. The molecule has 0 aliphatic heterocycles. The Morgan fingerprint density at radius 2 is 1.68 bits per heavy atom. The van der Waals surface area contributed by atoms with E-state index in [1.54, 1.807) is 12.1 Å². The number of halogens is 1. The fraction of sp³-hybridized carbons (Fsp3) is 0.200. The van der Waals surface area contributed by atoms with Gasteiger partial charge in [0, 0.05) is 16.6 Å². The van der Waals surface area contributed by atoms with Crippen molar-refractivity contribution in [3.8, 4) is 0 Å². The van der Waals surface area contributed by atoms with Crippen LogP contribution in [0.4, 0.5) is 4.39 Å². The van der Waals surface area contributed by atoms with Crippen LogP contribution in [0.3, 0.4) is 0 Å². The van der Waals surface area contributed by atoms with Crippen molar-refractivity contribution in [3.05, 3.63) is 71.5 Å². The first-order valence-corrected chi connectivity index (χ1v) is 7.36. The molecule has 0 radical (unpaired) electrons. The van der Waals surface area contributed by atoms with E-state index in [0.29, 0.717) is 11.3 Å². The van der Waals surface area contributed by atoms with Crippen molar-refractivity contribution in [1.82, 2.24) is 0 Å². The number of aliphatic hydroxyl groups is 1. The molecule has 0 spiro atoms. The molecule has 2 unspecified atom stereocenters. The number of hydrogen-bond acceptors (Lipinski definition) is 2. The molecule has 2 nitrogen and oxygen atoms in total. The van der Waals surface area contributed by atoms with Crippen LogP contribution in [-0.2, 0) is 16.6 Å². The Bertz CT molecular complexity index is 540. The lowest BCUT2D eigenvalue weighted by molar-refractivity contribution is 0.294. The van der Waals surface area contributed by atoms with E-state index in [2.05, 4.69) is 0 Å². The Morgan fingerprint density at radius 1 is 1.05 bits per heavy atom. The summed E-state index contributed by atoms with van der Waals surface area (Å²) in [6, 6.07) is 15.2. The second kappa shape index (κ2) is 6.59. The minimum Gasteiger partial charge on any atom is -0.395 e. The number of benzene rings is 2. The predicted molar refractivity (Wildman–Crippen MR) is 74.5 cm³/mol. The third kappa shape index (κ3) is 3.72. The number of rotatable bonds is 5. The van der Waals surface area contributed by atoms with Gasteiger partial charge in [-0.1, -0.05) is 42.5 Å². The molecule has 0 heterocycles. The summed E-state index contributed by atoms with van der Waals surface area (Å²) >= 11 is 0. The van der Waals surface area contributed by atoms with Crippen molar-refractivity contribution < 1.29 is 13.7 Å². The highest BCUT2D eigenvalue weighted by Crippen LogP contribution is 2.22. The first-order chi connectivity index (χ1) is 9.20. The largest absolute Gasteiger partial charge is 0.395 e. The smallest absolute Gasteiger partial charge is 0.123 e. The van der Waals surface area contributed by atoms with Gasteiger partial charge in [-0.2, -0.15) is 0 Å². The molecule has 0 saturated carbocycles. The lowest BCUT2D eigenvalue weighted by atomic mass is 10.1. The minimum atomic E-state index is -1.24. The van der Waals surface area contributed by atoms with Gasteiger partial charge in [-0.3, -0.25) is 4.21 Å². The zero-order valence-corrected chi connectivity index (χ0v) is 11.1. The topological polar surface area (TPSA) is 37.3 Å². The molecule has 0 bridgehead atoms. The lowest BCUT2D eigenvalue weighted by Gasteiger charge is -2.14. The van der Waals surface area contributed by atoms with E-state index in [-0.39, 0.29) is 12.4 Å². The first kappa shape index (κ1) is 13.9. The average molecular weight is 278 g/mol. The average Bonchev–Trinajstić information content (AvgIpc) is 2.43. The van der Waals surface area contributed by atoms with Gasteiger partial charge in [-0.15, -0.1) is 0 Å². The lowest BCUT2D eigenvalue weighted by Crippen LogP contribution is -2.13. The zero-order valence-electron chi connectivity index (χ0n) is 10.3. The van der Waals surface area contributed by atoms with Gasteiger partial charge in [0.05, 0.1) is 11.9 Å². The third-order valence-electron chi connectivity index (χ3n) is 2.88. The van der Waals surface area contributed by atoms with Gasteiger partial charge in [0.1, 0.15) is 5.82 Å². The van der Waals surface area contributed by atoms with E-state index >= 15 is 0 Å². The van der Waals surface area contributed by atoms with Crippen molar-refractivity contribution in [2.75, 3.05) is 6.61 Å². The molecule has 0 amide bonds. The Labute approximate surface area is 114 Å². The molecule has 100 valence electrons. The van der Waals surface area contributed by atoms with Crippen molar-refractivity contribution in [1.29, 1.82) is 0 Å². The molecule has 0 aliphatic rings. The molecule has 0 aliphatic carbocycles. The molecule has 2 aromatic rings. The highest BCUT2D eigenvalue weighted by atomic mass is 32.2. The van der Waals surface area contributed by atoms with E-state index in [4.69, 9.17) is 0 Å². The van der Waals surface area contributed by atoms with Gasteiger partial charge in [0.2, 0.25) is 0 Å². The Balaban J connectivity index is 2.13. The summed E-state index contributed by atoms with van der Waals surface area (Å²) in [6.07, 6.45) is 0. The maximum atomic E-state index is 12.9. The van der Waals surface area contributed by atoms with Gasteiger partial charge in [-0.05, 0) is 23.3 Å². The first-order valence-electron chi connectivity index (χ1n) is 5.98. The summed E-state index contributed by atoms with van der Waals surface area (Å²) in [5, 5.41) is 8.93. The van der Waals surface area contributed by atoms with Crippen LogP contribution in [0.1, 0.15) is 16.4 Å². The monoisotopic (exact) mass is 278 g/mol. The predicted octanol–water partition coefficient (Wildman–Crippen LogP) is 2.81. The van der Waals surface area contributed by atoms with E-state index in [1.807, 2.05) is 30.3 Å². The molecular formula is C15H15FO2S. The van der Waals surface area contributed by atoms with E-state index < -0.39 is 16.0 Å². The van der Waals surface area contributed by atoms with Crippen LogP contribution in [0.2, 0.25) is 0 Å². The summed E-state index contributed by atoms with van der Waals surface area (Å²) in [4.78, 5) is 0. The SMILES string of the molecule is O=S(Cc1ccccc1)C(CO)c1ccc(F)cc1. The van der Waals surface area contributed by atoms with E-state index in [1.165, 1.54) is 12.1 Å². The quantitative estimate of drug-likeness (QED) is 0.913. The molecule has 2 aromatic carbocycles. The molecule has 1 N–H and O–H groups in total. The van der Waals surface area contributed by atoms with Gasteiger partial charge >= 0.3 is 0 Å². The van der Waals surface area contributed by atoms with Crippen LogP contribution in [0.15, 0.2) is 54.6 Å². The second-order valence-corrected chi connectivity index (χ2v) is 5.85. The molecule has 2 atom stereocenters. The highest BCUT2D eigenvalue weighted by Gasteiger charge is 2.18. The fourth-order valence-corrected chi connectivity index (χ4v) is 3.21. The normalized spacial score (nSPS) is 14.0. The maximum Gasteiger partial charge on any atom is 0.123 e. The third-order valence-corrected chi connectivity index (χ3v) is 4.55. The molecule has 0 aromatic heterocycles. The van der Waals surface area contributed by atoms with Crippen molar-refractivity contribution in [2.24, 2.45) is 0 Å². The van der Waals surface area contributed by atoms with Gasteiger partial charge in [-0.25, -0.2) is 4.39 Å². The van der Waals surface area contributed by atoms with Crippen LogP contribution >= 0.6 is 0 Å². The summed E-state index contributed by atoms with van der Waals surface area (Å²) in [5.41, 5.74) is 1.65. The van der Waals surface area contributed by atoms with Crippen molar-refractivity contribution in [2.45, 2.75) is 11.0 Å². The highest BCUT2D eigenvalue weighted by molar-refractivity contribution is 7.84. The maximum absolute atomic E-state index is 12.9. The standard InChI is InChI=1S/C15H15FO2S/c16-14-8-6-13(7-9-14)15(10-17)19(18)11-12-4-2-1-3-5-12/h1-9,15,17H,10-11H2. The Kier molecular flexibility index (Phi) is 4.82. The van der Waals surface area contributed by atoms with Crippen LogP contribution in [-0.4, -0.2) is 15.9 Å². The molecule has 2 rings (SSSR count). The number of hydrogen-bond donors (Lipinski definition) is 1. The van der Waals surface area contributed by atoms with E-state index in [0.717, 1.165) is 5.56 Å².